The average Bonchev–Trinajstić information content (AvgIpc) is 3.83. The SMILES string of the molecule is CCCN(C)Cc1ncc(-c2cc3c4c(c2)OCc2cc(-c5cnc(CN(CCC)C(=O)C(NC(=O)OCC)c6ccccc6)[nH]5)cc(c2-4)OC3)[nH]1. The fraction of sp³-hybridized carbons (Fsp3) is 0.350. The number of imidazole rings is 2. The van der Waals surface area contributed by atoms with Gasteiger partial charge in [0.15, 0.2) is 0 Å². The number of rotatable bonds is 14. The van der Waals surface area contributed by atoms with Gasteiger partial charge in [-0.2, -0.15) is 0 Å². The number of hydrogen-bond acceptors (Lipinski definition) is 8. The van der Waals surface area contributed by atoms with Crippen LogP contribution in [0.5, 0.6) is 11.5 Å². The van der Waals surface area contributed by atoms with E-state index in [1.165, 1.54) is 0 Å². The average molecular weight is 704 g/mol. The van der Waals surface area contributed by atoms with Crippen LogP contribution in [0.3, 0.4) is 0 Å². The number of carbonyl (C=O) groups is 2. The fourth-order valence-corrected chi connectivity index (χ4v) is 7.01. The van der Waals surface area contributed by atoms with Crippen molar-refractivity contribution in [2.45, 2.75) is 66.0 Å². The lowest BCUT2D eigenvalue weighted by Gasteiger charge is -2.30. The minimum Gasteiger partial charge on any atom is -0.488 e. The molecule has 0 spiro atoms. The third-order valence-electron chi connectivity index (χ3n) is 9.35. The van der Waals surface area contributed by atoms with Gasteiger partial charge in [0.1, 0.15) is 42.4 Å². The lowest BCUT2D eigenvalue weighted by Crippen LogP contribution is -2.43. The van der Waals surface area contributed by atoms with Crippen LogP contribution in [-0.4, -0.2) is 68.5 Å². The third-order valence-corrected chi connectivity index (χ3v) is 9.35. The summed E-state index contributed by atoms with van der Waals surface area (Å²) in [7, 11) is 2.10. The molecule has 0 aliphatic carbocycles. The van der Waals surface area contributed by atoms with Crippen LogP contribution in [0.15, 0.2) is 67.0 Å². The molecule has 0 saturated heterocycles. The van der Waals surface area contributed by atoms with Crippen molar-refractivity contribution in [3.8, 4) is 45.1 Å². The highest BCUT2D eigenvalue weighted by atomic mass is 16.5. The first kappa shape index (κ1) is 34.8. The minimum atomic E-state index is -0.898. The Hall–Kier alpha value is -5.62. The van der Waals surface area contributed by atoms with Gasteiger partial charge in [-0.25, -0.2) is 14.8 Å². The van der Waals surface area contributed by atoms with Crippen molar-refractivity contribution >= 4 is 12.0 Å². The van der Waals surface area contributed by atoms with Gasteiger partial charge in [-0.3, -0.25) is 9.69 Å². The summed E-state index contributed by atoms with van der Waals surface area (Å²) in [6.07, 6.45) is 4.85. The maximum absolute atomic E-state index is 13.9. The van der Waals surface area contributed by atoms with E-state index in [-0.39, 0.29) is 19.1 Å². The molecule has 4 heterocycles. The number of nitrogens with one attached hydrogen (secondary N) is 3. The largest absolute Gasteiger partial charge is 0.488 e. The molecular weight excluding hydrogens is 658 g/mol. The summed E-state index contributed by atoms with van der Waals surface area (Å²) in [6.45, 7) is 9.44. The molecule has 12 nitrogen and oxygen atoms in total. The maximum atomic E-state index is 13.9. The molecule has 0 radical (unpaired) electrons. The van der Waals surface area contributed by atoms with E-state index in [0.717, 1.165) is 88.0 Å². The first-order chi connectivity index (χ1) is 25.3. The Kier molecular flexibility index (Phi) is 10.3. The van der Waals surface area contributed by atoms with Gasteiger partial charge >= 0.3 is 6.09 Å². The Balaban J connectivity index is 1.11. The normalized spacial score (nSPS) is 13.2. The smallest absolute Gasteiger partial charge is 0.408 e. The van der Waals surface area contributed by atoms with Crippen molar-refractivity contribution < 1.29 is 23.8 Å². The van der Waals surface area contributed by atoms with E-state index in [2.05, 4.69) is 62.3 Å². The zero-order valence-corrected chi connectivity index (χ0v) is 30.1. The molecule has 7 rings (SSSR count). The van der Waals surface area contributed by atoms with Gasteiger partial charge in [0.25, 0.3) is 0 Å². The van der Waals surface area contributed by atoms with Gasteiger partial charge in [-0.1, -0.05) is 44.2 Å². The number of carbonyl (C=O) groups excluding carboxylic acids is 2. The van der Waals surface area contributed by atoms with Crippen LogP contribution in [0, 0.1) is 0 Å². The minimum absolute atomic E-state index is 0.204. The zero-order chi connectivity index (χ0) is 36.2. The molecule has 2 aromatic heterocycles. The molecule has 1 unspecified atom stereocenters. The van der Waals surface area contributed by atoms with Gasteiger partial charge in [0, 0.05) is 39.9 Å². The molecule has 270 valence electrons. The molecule has 0 bridgehead atoms. The van der Waals surface area contributed by atoms with Crippen molar-refractivity contribution in [3.05, 3.63) is 95.3 Å². The second kappa shape index (κ2) is 15.3. The van der Waals surface area contributed by atoms with Crippen LogP contribution in [0.2, 0.25) is 0 Å². The van der Waals surface area contributed by atoms with E-state index in [1.54, 1.807) is 18.0 Å². The molecule has 52 heavy (non-hydrogen) atoms. The Morgan fingerprint density at radius 1 is 0.827 bits per heavy atom. The molecular formula is C40H45N7O5. The van der Waals surface area contributed by atoms with Gasteiger partial charge in [-0.05, 0) is 63.2 Å². The molecule has 5 aromatic rings. The van der Waals surface area contributed by atoms with E-state index >= 15 is 0 Å². The number of nitrogens with zero attached hydrogens (tertiary/aromatic N) is 4. The molecule has 12 heteroatoms. The van der Waals surface area contributed by atoms with Crippen LogP contribution < -0.4 is 14.8 Å². The quantitative estimate of drug-likeness (QED) is 0.113. The highest BCUT2D eigenvalue weighted by Crippen LogP contribution is 2.50. The number of benzene rings is 3. The zero-order valence-electron chi connectivity index (χ0n) is 30.1. The van der Waals surface area contributed by atoms with E-state index in [1.807, 2.05) is 49.5 Å². The van der Waals surface area contributed by atoms with Gasteiger partial charge < -0.3 is 34.4 Å². The van der Waals surface area contributed by atoms with E-state index in [9.17, 15) is 9.59 Å². The standard InChI is InChI=1S/C40H45N7O5/c1-5-13-46(4)21-34-41-19-30(43-34)26-15-28-23-52-33-18-27(16-29-24-51-32(17-26)36(28)37(29)33)31-20-42-35(44-31)22-47(14-6-2)39(48)38(45-40(49)50-7-3)25-11-9-8-10-12-25/h8-12,15-20,38H,5-7,13-14,21-24H2,1-4H3,(H,41,43)(H,42,44)(H,45,49). The summed E-state index contributed by atoms with van der Waals surface area (Å²) >= 11 is 0. The molecule has 2 aliphatic heterocycles. The predicted octanol–water partition coefficient (Wildman–Crippen LogP) is 6.99. The van der Waals surface area contributed by atoms with Crippen molar-refractivity contribution in [3.63, 3.8) is 0 Å². The van der Waals surface area contributed by atoms with Crippen molar-refractivity contribution in [1.82, 2.24) is 35.1 Å². The van der Waals surface area contributed by atoms with Crippen LogP contribution in [0.1, 0.15) is 68.0 Å². The summed E-state index contributed by atoms with van der Waals surface area (Å²) in [5.74, 6) is 2.96. The Morgan fingerprint density at radius 3 is 1.96 bits per heavy atom. The molecule has 0 fully saturated rings. The molecule has 3 N–H and O–H groups in total. The van der Waals surface area contributed by atoms with Crippen LogP contribution in [0.25, 0.3) is 33.6 Å². The van der Waals surface area contributed by atoms with Crippen molar-refractivity contribution in [2.75, 3.05) is 26.7 Å². The highest BCUT2D eigenvalue weighted by Gasteiger charge is 2.31. The lowest BCUT2D eigenvalue weighted by atomic mass is 9.87. The predicted molar refractivity (Wildman–Crippen MR) is 197 cm³/mol. The molecule has 1 atom stereocenters. The van der Waals surface area contributed by atoms with Gasteiger partial charge in [-0.15, -0.1) is 0 Å². The summed E-state index contributed by atoms with van der Waals surface area (Å²) in [6, 6.07) is 16.7. The van der Waals surface area contributed by atoms with Gasteiger partial charge in [0.2, 0.25) is 5.91 Å². The van der Waals surface area contributed by atoms with E-state index < -0.39 is 12.1 Å². The highest BCUT2D eigenvalue weighted by molar-refractivity contribution is 5.89. The molecule has 2 amide bonds. The Labute approximate surface area is 303 Å². The number of aromatic nitrogens is 4. The molecule has 0 saturated carbocycles. The summed E-state index contributed by atoms with van der Waals surface area (Å²) in [5, 5.41) is 2.75. The first-order valence-corrected chi connectivity index (χ1v) is 18.0. The second-order valence-corrected chi connectivity index (χ2v) is 13.3. The number of aromatic amines is 2. The number of amides is 2. The summed E-state index contributed by atoms with van der Waals surface area (Å²) in [4.78, 5) is 46.5. The maximum Gasteiger partial charge on any atom is 0.408 e. The first-order valence-electron chi connectivity index (χ1n) is 18.0. The topological polar surface area (TPSA) is 138 Å². The van der Waals surface area contributed by atoms with E-state index in [0.29, 0.717) is 31.1 Å². The van der Waals surface area contributed by atoms with Crippen molar-refractivity contribution in [1.29, 1.82) is 0 Å². The Morgan fingerprint density at radius 2 is 1.40 bits per heavy atom. The van der Waals surface area contributed by atoms with Crippen LogP contribution >= 0.6 is 0 Å². The lowest BCUT2D eigenvalue weighted by molar-refractivity contribution is -0.134. The Bertz CT molecular complexity index is 2010. The van der Waals surface area contributed by atoms with Crippen LogP contribution in [0.4, 0.5) is 4.79 Å². The monoisotopic (exact) mass is 703 g/mol. The number of hydrogen-bond donors (Lipinski definition) is 3. The third kappa shape index (κ3) is 7.24. The van der Waals surface area contributed by atoms with E-state index in [4.69, 9.17) is 14.2 Å². The number of alkyl carbamates (subject to hydrolysis) is 1. The molecule has 3 aromatic carbocycles. The second-order valence-electron chi connectivity index (χ2n) is 13.3. The number of H-pyrrole nitrogens is 2. The summed E-state index contributed by atoms with van der Waals surface area (Å²) < 4.78 is 17.9. The fourth-order valence-electron chi connectivity index (χ4n) is 7.01. The van der Waals surface area contributed by atoms with Crippen LogP contribution in [-0.2, 0) is 35.8 Å². The summed E-state index contributed by atoms with van der Waals surface area (Å²) in [5.41, 5.74) is 8.60. The van der Waals surface area contributed by atoms with Crippen molar-refractivity contribution in [2.24, 2.45) is 0 Å². The molecule has 2 aliphatic rings. The number of ether oxygens (including phenoxy) is 3. The van der Waals surface area contributed by atoms with Gasteiger partial charge in [0.05, 0.1) is 43.5 Å².